The van der Waals surface area contributed by atoms with Crippen molar-refractivity contribution < 1.29 is 22.7 Å². The summed E-state index contributed by atoms with van der Waals surface area (Å²) < 4.78 is 40.5. The van der Waals surface area contributed by atoms with Crippen molar-refractivity contribution >= 4 is 27.6 Å². The first-order valence-electron chi connectivity index (χ1n) is 14.7. The second-order valence-corrected chi connectivity index (χ2v) is 13.3. The monoisotopic (exact) mass is 606 g/mol. The number of nitrogens with zero attached hydrogens (tertiary/aromatic N) is 5. The maximum absolute atomic E-state index is 13.8. The fourth-order valence-corrected chi connectivity index (χ4v) is 8.80. The van der Waals surface area contributed by atoms with Gasteiger partial charge in [-0.05, 0) is 74.9 Å². The van der Waals surface area contributed by atoms with Crippen LogP contribution in [-0.2, 0) is 14.8 Å². The maximum atomic E-state index is 13.8. The Kier molecular flexibility index (Phi) is 7.91. The minimum absolute atomic E-state index is 0.0603. The van der Waals surface area contributed by atoms with Crippen LogP contribution >= 0.6 is 0 Å². The molecule has 3 aliphatic rings. The van der Waals surface area contributed by atoms with E-state index in [1.165, 1.54) is 0 Å². The van der Waals surface area contributed by atoms with E-state index in [4.69, 9.17) is 9.47 Å². The van der Waals surface area contributed by atoms with Crippen LogP contribution in [0.2, 0.25) is 0 Å². The molecule has 228 valence electrons. The predicted molar refractivity (Wildman–Crippen MR) is 163 cm³/mol. The topological polar surface area (TPSA) is 117 Å². The maximum Gasteiger partial charge on any atom is 0.247 e. The molecule has 0 saturated carbocycles. The van der Waals surface area contributed by atoms with E-state index in [0.29, 0.717) is 79.2 Å². The number of carbonyl (C=O) groups excluding carboxylic acids is 1. The summed E-state index contributed by atoms with van der Waals surface area (Å²) in [5.74, 6) is 1.64. The molecule has 0 radical (unpaired) electrons. The van der Waals surface area contributed by atoms with E-state index in [0.717, 1.165) is 12.1 Å². The molecule has 11 nitrogen and oxygen atoms in total. The van der Waals surface area contributed by atoms with Crippen LogP contribution < -0.4 is 24.6 Å². The minimum Gasteiger partial charge on any atom is -0.497 e. The highest BCUT2D eigenvalue weighted by atomic mass is 32.2. The Morgan fingerprint density at radius 1 is 1.05 bits per heavy atom. The fraction of sp³-hybridized carbons (Fsp3) is 0.452. The number of hydrogen-bond donors (Lipinski definition) is 1. The van der Waals surface area contributed by atoms with Gasteiger partial charge in [-0.25, -0.2) is 13.4 Å². The van der Waals surface area contributed by atoms with Gasteiger partial charge in [0.25, 0.3) is 0 Å². The van der Waals surface area contributed by atoms with Crippen LogP contribution in [0.5, 0.6) is 11.6 Å². The van der Waals surface area contributed by atoms with Crippen molar-refractivity contribution in [1.82, 2.24) is 19.6 Å². The number of rotatable bonds is 8. The first-order chi connectivity index (χ1) is 20.7. The van der Waals surface area contributed by atoms with Gasteiger partial charge in [-0.1, -0.05) is 18.2 Å². The summed E-state index contributed by atoms with van der Waals surface area (Å²) in [5, 5.41) is 3.04. The summed E-state index contributed by atoms with van der Waals surface area (Å²) >= 11 is 0. The van der Waals surface area contributed by atoms with Crippen molar-refractivity contribution in [3.05, 3.63) is 65.9 Å². The van der Waals surface area contributed by atoms with Crippen molar-refractivity contribution in [3.63, 3.8) is 0 Å². The van der Waals surface area contributed by atoms with Gasteiger partial charge < -0.3 is 24.6 Å². The lowest BCUT2D eigenvalue weighted by molar-refractivity contribution is -0.124. The third-order valence-corrected chi connectivity index (χ3v) is 11.1. The van der Waals surface area contributed by atoms with Gasteiger partial charge in [0.05, 0.1) is 24.7 Å². The van der Waals surface area contributed by atoms with Crippen molar-refractivity contribution in [2.45, 2.75) is 56.0 Å². The molecule has 43 heavy (non-hydrogen) atoms. The zero-order chi connectivity index (χ0) is 30.2. The number of ether oxygens (including phenoxy) is 2. The van der Waals surface area contributed by atoms with E-state index in [1.807, 2.05) is 30.3 Å². The Morgan fingerprint density at radius 2 is 1.77 bits per heavy atom. The van der Waals surface area contributed by atoms with Gasteiger partial charge in [-0.3, -0.25) is 4.79 Å². The van der Waals surface area contributed by atoms with Crippen molar-refractivity contribution in [3.8, 4) is 11.6 Å². The molecule has 6 rings (SSSR count). The Balaban J connectivity index is 1.12. The summed E-state index contributed by atoms with van der Waals surface area (Å²) in [7, 11) is -2.15. The number of benzene rings is 2. The van der Waals surface area contributed by atoms with Crippen molar-refractivity contribution in [2.24, 2.45) is 0 Å². The number of aromatic nitrogens is 2. The standard InChI is InChI=1S/C31H38N6O5S/c1-22-18-26(41-3)19-23(2)28(22)43(39,40)37-15-7-10-25(37)20-42-27-11-14-32-30(34-27)35-16-12-31(13-17-35)29(38)33-21-36(31)24-8-5-4-6-9-24/h4-6,8-9,11,14,18-19,25H,7,10,12-13,15-17,20-21H2,1-3H3,(H,33,38)/t25-/m0/s1. The molecule has 0 aliphatic carbocycles. The summed E-state index contributed by atoms with van der Waals surface area (Å²) in [5.41, 5.74) is 1.76. The van der Waals surface area contributed by atoms with Gasteiger partial charge in [0.2, 0.25) is 27.8 Å². The molecule has 1 spiro atoms. The van der Waals surface area contributed by atoms with Crippen LogP contribution in [0.4, 0.5) is 11.6 Å². The lowest BCUT2D eigenvalue weighted by Gasteiger charge is -2.43. The molecule has 12 heteroatoms. The number of carbonyl (C=O) groups is 1. The van der Waals surface area contributed by atoms with Gasteiger partial charge in [0, 0.05) is 37.6 Å². The third-order valence-electron chi connectivity index (χ3n) is 8.88. The van der Waals surface area contributed by atoms with Crippen LogP contribution in [0.15, 0.2) is 59.6 Å². The molecule has 1 aromatic heterocycles. The molecule has 3 aliphatic heterocycles. The number of methoxy groups -OCH3 is 1. The molecule has 3 fully saturated rings. The highest BCUT2D eigenvalue weighted by Gasteiger charge is 2.50. The van der Waals surface area contributed by atoms with Crippen molar-refractivity contribution in [2.75, 3.05) is 49.8 Å². The average Bonchev–Trinajstić information content (AvgIpc) is 3.62. The Morgan fingerprint density at radius 3 is 2.47 bits per heavy atom. The van der Waals surface area contributed by atoms with Gasteiger partial charge in [-0.2, -0.15) is 9.29 Å². The summed E-state index contributed by atoms with van der Waals surface area (Å²) in [4.78, 5) is 26.7. The second kappa shape index (κ2) is 11.6. The molecule has 1 N–H and O–H groups in total. The number of piperidine rings is 1. The van der Waals surface area contributed by atoms with E-state index >= 15 is 0 Å². The first kappa shape index (κ1) is 29.2. The zero-order valence-corrected chi connectivity index (χ0v) is 25.6. The number of hydrogen-bond acceptors (Lipinski definition) is 9. The van der Waals surface area contributed by atoms with E-state index in [-0.39, 0.29) is 18.6 Å². The van der Waals surface area contributed by atoms with Crippen LogP contribution in [0, 0.1) is 13.8 Å². The smallest absolute Gasteiger partial charge is 0.247 e. The van der Waals surface area contributed by atoms with E-state index < -0.39 is 15.6 Å². The Hall–Kier alpha value is -3.90. The molecule has 0 bridgehead atoms. The Bertz CT molecular complexity index is 1570. The molecule has 1 amide bonds. The summed E-state index contributed by atoms with van der Waals surface area (Å²) in [6.07, 6.45) is 4.41. The lowest BCUT2D eigenvalue weighted by atomic mass is 9.85. The minimum atomic E-state index is -3.72. The molecule has 1 atom stereocenters. The zero-order valence-electron chi connectivity index (χ0n) is 24.8. The van der Waals surface area contributed by atoms with E-state index in [2.05, 4.69) is 25.1 Å². The largest absolute Gasteiger partial charge is 0.497 e. The molecular weight excluding hydrogens is 568 g/mol. The Labute approximate surface area is 252 Å². The predicted octanol–water partition coefficient (Wildman–Crippen LogP) is 3.27. The van der Waals surface area contributed by atoms with E-state index in [9.17, 15) is 13.2 Å². The summed E-state index contributed by atoms with van der Waals surface area (Å²) in [6.45, 7) is 5.97. The summed E-state index contributed by atoms with van der Waals surface area (Å²) in [6, 6.07) is 14.9. The molecular formula is C31H38N6O5S. The fourth-order valence-electron chi connectivity index (χ4n) is 6.70. The number of sulfonamides is 1. The average molecular weight is 607 g/mol. The number of nitrogens with one attached hydrogen (secondary N) is 1. The van der Waals surface area contributed by atoms with Gasteiger partial charge in [0.1, 0.15) is 17.9 Å². The second-order valence-electron chi connectivity index (χ2n) is 11.5. The molecule has 4 heterocycles. The third kappa shape index (κ3) is 5.38. The lowest BCUT2D eigenvalue weighted by Crippen LogP contribution is -2.56. The van der Waals surface area contributed by atoms with Gasteiger partial charge in [0.15, 0.2) is 0 Å². The normalized spacial score (nSPS) is 20.4. The number of anilines is 2. The number of amides is 1. The van der Waals surface area contributed by atoms with Gasteiger partial charge in [-0.15, -0.1) is 0 Å². The SMILES string of the molecule is COc1cc(C)c(S(=O)(=O)N2CCC[C@H]2COc2ccnc(N3CCC4(CC3)C(=O)NCN4c3ccccc3)n2)c(C)c1. The first-order valence-corrected chi connectivity index (χ1v) is 16.2. The van der Waals surface area contributed by atoms with Gasteiger partial charge >= 0.3 is 0 Å². The van der Waals surface area contributed by atoms with Crippen molar-refractivity contribution in [1.29, 1.82) is 0 Å². The molecule has 2 aromatic carbocycles. The molecule has 0 unspecified atom stereocenters. The van der Waals surface area contributed by atoms with E-state index in [1.54, 1.807) is 49.7 Å². The van der Waals surface area contributed by atoms with Crippen LogP contribution in [0.25, 0.3) is 0 Å². The molecule has 3 aromatic rings. The number of aryl methyl sites for hydroxylation is 2. The molecule has 3 saturated heterocycles. The van der Waals surface area contributed by atoms with Crippen LogP contribution in [-0.4, -0.2) is 80.2 Å². The number of para-hydroxylation sites is 1. The quantitative estimate of drug-likeness (QED) is 0.412. The van der Waals surface area contributed by atoms with Crippen LogP contribution in [0.1, 0.15) is 36.8 Å². The highest BCUT2D eigenvalue weighted by Crippen LogP contribution is 2.37. The van der Waals surface area contributed by atoms with Crippen LogP contribution in [0.3, 0.4) is 0 Å². The highest BCUT2D eigenvalue weighted by molar-refractivity contribution is 7.89.